The summed E-state index contributed by atoms with van der Waals surface area (Å²) in [6.45, 7) is 0. The maximum atomic E-state index is 13.9. The molecule has 1 aromatic heterocycles. The molecular formula is C17H13FN4S. The molecule has 0 unspecified atom stereocenters. The summed E-state index contributed by atoms with van der Waals surface area (Å²) in [5.74, 6) is -0.0461. The minimum Gasteiger partial charge on any atom is -0.250 e. The molecule has 1 heterocycles. The zero-order chi connectivity index (χ0) is 16.1. The van der Waals surface area contributed by atoms with Crippen LogP contribution in [0.1, 0.15) is 5.56 Å². The van der Waals surface area contributed by atoms with Crippen molar-refractivity contribution in [3.8, 4) is 11.4 Å². The van der Waals surface area contributed by atoms with Gasteiger partial charge in [0.2, 0.25) is 4.77 Å². The van der Waals surface area contributed by atoms with E-state index in [0.29, 0.717) is 16.2 Å². The third-order valence-electron chi connectivity index (χ3n) is 3.12. The quantitative estimate of drug-likeness (QED) is 0.575. The largest absolute Gasteiger partial charge is 0.250 e. The van der Waals surface area contributed by atoms with Crippen molar-refractivity contribution in [3.05, 3.63) is 76.8 Å². The van der Waals surface area contributed by atoms with Crippen LogP contribution in [0.25, 0.3) is 17.5 Å². The van der Waals surface area contributed by atoms with Crippen LogP contribution in [0.15, 0.2) is 65.8 Å². The highest BCUT2D eigenvalue weighted by atomic mass is 32.1. The second kappa shape index (κ2) is 6.93. The molecule has 1 N–H and O–H groups in total. The lowest BCUT2D eigenvalue weighted by molar-refractivity contribution is 0.628. The number of aromatic nitrogens is 3. The van der Waals surface area contributed by atoms with Gasteiger partial charge in [0.25, 0.3) is 0 Å². The van der Waals surface area contributed by atoms with Crippen molar-refractivity contribution in [2.45, 2.75) is 0 Å². The van der Waals surface area contributed by atoms with Gasteiger partial charge in [-0.3, -0.25) is 0 Å². The molecule has 6 heteroatoms. The van der Waals surface area contributed by atoms with E-state index in [1.165, 1.54) is 10.7 Å². The maximum Gasteiger partial charge on any atom is 0.216 e. The number of rotatable bonds is 4. The molecule has 2 aromatic carbocycles. The number of aromatic amines is 1. The predicted molar refractivity (Wildman–Crippen MR) is 92.2 cm³/mol. The van der Waals surface area contributed by atoms with Crippen molar-refractivity contribution in [2.24, 2.45) is 5.10 Å². The molecule has 0 radical (unpaired) electrons. The molecule has 0 spiro atoms. The summed E-state index contributed by atoms with van der Waals surface area (Å²) in [4.78, 5) is 0. The molecular weight excluding hydrogens is 311 g/mol. The van der Waals surface area contributed by atoms with Crippen molar-refractivity contribution < 1.29 is 4.39 Å². The van der Waals surface area contributed by atoms with Crippen LogP contribution in [-0.2, 0) is 0 Å². The van der Waals surface area contributed by atoms with Gasteiger partial charge in [-0.15, -0.1) is 0 Å². The lowest BCUT2D eigenvalue weighted by atomic mass is 10.2. The van der Waals surface area contributed by atoms with E-state index in [4.69, 9.17) is 12.2 Å². The van der Waals surface area contributed by atoms with Crippen LogP contribution >= 0.6 is 12.2 Å². The van der Waals surface area contributed by atoms with Crippen LogP contribution < -0.4 is 0 Å². The van der Waals surface area contributed by atoms with Gasteiger partial charge in [0.1, 0.15) is 5.82 Å². The summed E-state index contributed by atoms with van der Waals surface area (Å²) >= 11 is 5.14. The third-order valence-corrected chi connectivity index (χ3v) is 3.39. The predicted octanol–water partition coefficient (Wildman–Crippen LogP) is 4.29. The van der Waals surface area contributed by atoms with Crippen LogP contribution in [0, 0.1) is 10.6 Å². The molecule has 0 saturated carbocycles. The lowest BCUT2D eigenvalue weighted by Gasteiger charge is -2.01. The first-order valence-electron chi connectivity index (χ1n) is 6.94. The van der Waals surface area contributed by atoms with Crippen LogP contribution in [-0.4, -0.2) is 21.1 Å². The Morgan fingerprint density at radius 2 is 1.83 bits per heavy atom. The molecule has 0 bridgehead atoms. The summed E-state index contributed by atoms with van der Waals surface area (Å²) in [6, 6.07) is 16.2. The number of nitrogens with one attached hydrogen (secondary N) is 1. The fraction of sp³-hybridized carbons (Fsp3) is 0. The molecule has 0 fully saturated rings. The van der Waals surface area contributed by atoms with E-state index in [0.717, 1.165) is 5.56 Å². The minimum atomic E-state index is -0.377. The van der Waals surface area contributed by atoms with Gasteiger partial charge in [-0.2, -0.15) is 14.9 Å². The molecule has 0 amide bonds. The first kappa shape index (κ1) is 15.1. The Kier molecular flexibility index (Phi) is 4.54. The smallest absolute Gasteiger partial charge is 0.216 e. The van der Waals surface area contributed by atoms with Gasteiger partial charge in [0, 0.05) is 6.21 Å². The summed E-state index contributed by atoms with van der Waals surface area (Å²) in [5, 5.41) is 10.9. The number of halogens is 1. The Hall–Kier alpha value is -2.86. The fourth-order valence-electron chi connectivity index (χ4n) is 2.04. The first-order chi connectivity index (χ1) is 11.3. The summed E-state index contributed by atoms with van der Waals surface area (Å²) in [5.41, 5.74) is 1.40. The Morgan fingerprint density at radius 1 is 1.09 bits per heavy atom. The van der Waals surface area contributed by atoms with Crippen molar-refractivity contribution in [2.75, 3.05) is 0 Å². The average molecular weight is 324 g/mol. The molecule has 0 saturated heterocycles. The second-order valence-electron chi connectivity index (χ2n) is 4.68. The van der Waals surface area contributed by atoms with E-state index < -0.39 is 0 Å². The average Bonchev–Trinajstić information content (AvgIpc) is 2.94. The number of allylic oxidation sites excluding steroid dienone is 1. The van der Waals surface area contributed by atoms with Crippen LogP contribution in [0.3, 0.4) is 0 Å². The Balaban J connectivity index is 1.88. The Bertz CT molecular complexity index is 910. The zero-order valence-electron chi connectivity index (χ0n) is 12.1. The highest BCUT2D eigenvalue weighted by molar-refractivity contribution is 7.71. The monoisotopic (exact) mass is 324 g/mol. The number of hydrogen-bond acceptors (Lipinski definition) is 3. The normalized spacial score (nSPS) is 11.5. The number of benzene rings is 2. The van der Waals surface area contributed by atoms with Crippen LogP contribution in [0.5, 0.6) is 0 Å². The van der Waals surface area contributed by atoms with Crippen LogP contribution in [0.4, 0.5) is 4.39 Å². The van der Waals surface area contributed by atoms with E-state index in [2.05, 4.69) is 15.3 Å². The molecule has 23 heavy (non-hydrogen) atoms. The molecule has 3 aromatic rings. The second-order valence-corrected chi connectivity index (χ2v) is 5.07. The van der Waals surface area contributed by atoms with Gasteiger partial charge in [-0.1, -0.05) is 48.5 Å². The van der Waals surface area contributed by atoms with Gasteiger partial charge in [-0.25, -0.2) is 9.49 Å². The van der Waals surface area contributed by atoms with E-state index in [1.807, 2.05) is 36.4 Å². The van der Waals surface area contributed by atoms with Crippen LogP contribution in [0.2, 0.25) is 0 Å². The minimum absolute atomic E-state index is 0.299. The number of H-pyrrole nitrogens is 1. The summed E-state index contributed by atoms with van der Waals surface area (Å²) in [6.07, 6.45) is 5.29. The molecule has 0 aliphatic rings. The van der Waals surface area contributed by atoms with Crippen molar-refractivity contribution in [1.82, 2.24) is 14.9 Å². The van der Waals surface area contributed by atoms with Crippen molar-refractivity contribution in [1.29, 1.82) is 0 Å². The van der Waals surface area contributed by atoms with E-state index in [9.17, 15) is 4.39 Å². The SMILES string of the molecule is Fc1ccccc1-c1n[nH]c(=S)n1/N=C/C=C/c1ccccc1. The van der Waals surface area contributed by atoms with E-state index in [1.54, 1.807) is 30.5 Å². The maximum absolute atomic E-state index is 13.9. The Morgan fingerprint density at radius 3 is 2.61 bits per heavy atom. The zero-order valence-corrected chi connectivity index (χ0v) is 12.9. The molecule has 114 valence electrons. The van der Waals surface area contributed by atoms with E-state index >= 15 is 0 Å². The van der Waals surface area contributed by atoms with Gasteiger partial charge >= 0.3 is 0 Å². The molecule has 4 nitrogen and oxygen atoms in total. The third kappa shape index (κ3) is 3.49. The molecule has 0 atom stereocenters. The van der Waals surface area contributed by atoms with Gasteiger partial charge in [0.05, 0.1) is 5.56 Å². The van der Waals surface area contributed by atoms with E-state index in [-0.39, 0.29) is 5.82 Å². The van der Waals surface area contributed by atoms with Crippen molar-refractivity contribution in [3.63, 3.8) is 0 Å². The lowest BCUT2D eigenvalue weighted by Crippen LogP contribution is -1.95. The molecule has 0 aliphatic heterocycles. The standard InChI is InChI=1S/C17H13FN4S/c18-15-11-5-4-10-14(15)16-20-21-17(23)22(16)19-12-6-9-13-7-2-1-3-8-13/h1-12H,(H,21,23)/b9-6+,19-12+. The highest BCUT2D eigenvalue weighted by Gasteiger charge is 2.11. The summed E-state index contributed by atoms with van der Waals surface area (Å²) in [7, 11) is 0. The van der Waals surface area contributed by atoms with Gasteiger partial charge in [0.15, 0.2) is 5.82 Å². The molecule has 3 rings (SSSR count). The fourth-order valence-corrected chi connectivity index (χ4v) is 2.22. The highest BCUT2D eigenvalue weighted by Crippen LogP contribution is 2.20. The topological polar surface area (TPSA) is 46.0 Å². The van der Waals surface area contributed by atoms with Gasteiger partial charge in [-0.05, 0) is 36.0 Å². The van der Waals surface area contributed by atoms with Gasteiger partial charge < -0.3 is 0 Å². The number of hydrogen-bond donors (Lipinski definition) is 1. The summed E-state index contributed by atoms with van der Waals surface area (Å²) < 4.78 is 15.6. The number of nitrogens with zero attached hydrogens (tertiary/aromatic N) is 3. The Labute approximate surface area is 137 Å². The first-order valence-corrected chi connectivity index (χ1v) is 7.35. The molecule has 0 aliphatic carbocycles. The van der Waals surface area contributed by atoms with Crippen molar-refractivity contribution >= 4 is 24.5 Å².